The second-order valence-electron chi connectivity index (χ2n) is 7.02. The van der Waals surface area contributed by atoms with Crippen LogP contribution < -0.4 is 14.4 Å². The zero-order chi connectivity index (χ0) is 23.0. The number of likely N-dealkylation sites (N-methyl/N-ethyl adjacent to an activating group) is 1. The number of hydrogen-bond donors (Lipinski definition) is 1. The Kier molecular flexibility index (Phi) is 8.44. The average Bonchev–Trinajstić information content (AvgIpc) is 2.75. The molecule has 1 atom stereocenters. The van der Waals surface area contributed by atoms with Crippen LogP contribution in [0.1, 0.15) is 19.4 Å². The van der Waals surface area contributed by atoms with E-state index in [0.29, 0.717) is 12.3 Å². The predicted molar refractivity (Wildman–Crippen MR) is 120 cm³/mol. The Morgan fingerprint density at radius 2 is 1.68 bits per heavy atom. The first kappa shape index (κ1) is 24.2. The molecule has 0 aromatic heterocycles. The minimum absolute atomic E-state index is 0.168. The van der Waals surface area contributed by atoms with E-state index in [1.807, 2.05) is 30.3 Å². The third kappa shape index (κ3) is 6.45. The molecule has 0 saturated heterocycles. The fourth-order valence-electron chi connectivity index (χ4n) is 3.12. The zero-order valence-corrected chi connectivity index (χ0v) is 19.1. The van der Waals surface area contributed by atoms with Gasteiger partial charge in [-0.25, -0.2) is 8.42 Å². The van der Waals surface area contributed by atoms with Gasteiger partial charge in [0.2, 0.25) is 21.8 Å². The Labute approximate surface area is 183 Å². The number of rotatable bonds is 10. The molecule has 8 nitrogen and oxygen atoms in total. The lowest BCUT2D eigenvalue weighted by Gasteiger charge is -2.31. The van der Waals surface area contributed by atoms with Crippen LogP contribution in [-0.2, 0) is 26.2 Å². The molecule has 2 aromatic rings. The molecule has 2 amide bonds. The SMILES string of the molecule is CCNC(=O)C(C)N(Cc1ccccc1)C(=O)CN(c1ccccc1OC)S(C)(=O)=O. The van der Waals surface area contributed by atoms with Crippen molar-refractivity contribution in [2.45, 2.75) is 26.4 Å². The predicted octanol–water partition coefficient (Wildman–Crippen LogP) is 2.01. The van der Waals surface area contributed by atoms with Crippen LogP contribution in [0.25, 0.3) is 0 Å². The van der Waals surface area contributed by atoms with Crippen LogP contribution >= 0.6 is 0 Å². The molecular formula is C22H29N3O5S. The van der Waals surface area contributed by atoms with Gasteiger partial charge in [-0.3, -0.25) is 13.9 Å². The Balaban J connectivity index is 2.40. The number of sulfonamides is 1. The van der Waals surface area contributed by atoms with Crippen LogP contribution in [0.5, 0.6) is 5.75 Å². The number of ether oxygens (including phenoxy) is 1. The number of amides is 2. The quantitative estimate of drug-likeness (QED) is 0.601. The molecule has 168 valence electrons. The van der Waals surface area contributed by atoms with Crippen molar-refractivity contribution in [3.8, 4) is 5.75 Å². The summed E-state index contributed by atoms with van der Waals surface area (Å²) in [7, 11) is -2.37. The second-order valence-corrected chi connectivity index (χ2v) is 8.93. The van der Waals surface area contributed by atoms with Crippen molar-refractivity contribution < 1.29 is 22.7 Å². The molecule has 0 aliphatic heterocycles. The third-order valence-corrected chi connectivity index (χ3v) is 5.87. The first-order valence-corrected chi connectivity index (χ1v) is 11.8. The van der Waals surface area contributed by atoms with Gasteiger partial charge in [-0.05, 0) is 31.5 Å². The summed E-state index contributed by atoms with van der Waals surface area (Å²) >= 11 is 0. The van der Waals surface area contributed by atoms with Crippen LogP contribution in [0.4, 0.5) is 5.69 Å². The lowest BCUT2D eigenvalue weighted by atomic mass is 10.1. The number of carbonyl (C=O) groups is 2. The van der Waals surface area contributed by atoms with Crippen molar-refractivity contribution in [2.24, 2.45) is 0 Å². The molecule has 0 heterocycles. The summed E-state index contributed by atoms with van der Waals surface area (Å²) in [4.78, 5) is 27.2. The van der Waals surface area contributed by atoms with Crippen LogP contribution in [0.3, 0.4) is 0 Å². The highest BCUT2D eigenvalue weighted by Crippen LogP contribution is 2.29. The van der Waals surface area contributed by atoms with E-state index in [1.54, 1.807) is 38.1 Å². The van der Waals surface area contributed by atoms with Crippen LogP contribution in [0.15, 0.2) is 54.6 Å². The van der Waals surface area contributed by atoms with Crippen molar-refractivity contribution in [3.05, 3.63) is 60.2 Å². The van der Waals surface area contributed by atoms with E-state index < -0.39 is 28.5 Å². The van der Waals surface area contributed by atoms with Crippen molar-refractivity contribution >= 4 is 27.5 Å². The van der Waals surface area contributed by atoms with Gasteiger partial charge in [0.25, 0.3) is 0 Å². The van der Waals surface area contributed by atoms with Gasteiger partial charge in [0, 0.05) is 13.1 Å². The molecule has 0 bridgehead atoms. The minimum Gasteiger partial charge on any atom is -0.495 e. The number of hydrogen-bond acceptors (Lipinski definition) is 5. The van der Waals surface area contributed by atoms with Gasteiger partial charge < -0.3 is 15.0 Å². The first-order chi connectivity index (χ1) is 14.7. The van der Waals surface area contributed by atoms with Gasteiger partial charge in [-0.1, -0.05) is 42.5 Å². The Morgan fingerprint density at radius 3 is 2.26 bits per heavy atom. The highest BCUT2D eigenvalue weighted by atomic mass is 32.2. The van der Waals surface area contributed by atoms with Gasteiger partial charge in [-0.15, -0.1) is 0 Å². The fraction of sp³-hybridized carbons (Fsp3) is 0.364. The maximum Gasteiger partial charge on any atom is 0.244 e. The lowest BCUT2D eigenvalue weighted by molar-refractivity contribution is -0.139. The topological polar surface area (TPSA) is 96.0 Å². The number of para-hydroxylation sites is 2. The normalized spacial score (nSPS) is 12.0. The largest absolute Gasteiger partial charge is 0.495 e. The number of nitrogens with one attached hydrogen (secondary N) is 1. The highest BCUT2D eigenvalue weighted by Gasteiger charge is 2.30. The van der Waals surface area contributed by atoms with E-state index in [9.17, 15) is 18.0 Å². The second kappa shape index (κ2) is 10.8. The molecule has 0 aliphatic carbocycles. The maximum atomic E-state index is 13.3. The third-order valence-electron chi connectivity index (χ3n) is 4.75. The monoisotopic (exact) mass is 447 g/mol. The van der Waals surface area contributed by atoms with Crippen molar-refractivity contribution in [1.82, 2.24) is 10.2 Å². The minimum atomic E-state index is -3.80. The lowest BCUT2D eigenvalue weighted by Crippen LogP contribution is -2.51. The molecule has 2 rings (SSSR count). The van der Waals surface area contributed by atoms with Crippen LogP contribution in [0.2, 0.25) is 0 Å². The summed E-state index contributed by atoms with van der Waals surface area (Å²) in [6.45, 7) is 3.55. The van der Waals surface area contributed by atoms with E-state index in [-0.39, 0.29) is 18.1 Å². The van der Waals surface area contributed by atoms with Gasteiger partial charge >= 0.3 is 0 Å². The summed E-state index contributed by atoms with van der Waals surface area (Å²) in [6, 6.07) is 15.0. The molecule has 9 heteroatoms. The first-order valence-electron chi connectivity index (χ1n) is 9.90. The number of carbonyl (C=O) groups excluding carboxylic acids is 2. The van der Waals surface area contributed by atoms with E-state index in [0.717, 1.165) is 16.1 Å². The highest BCUT2D eigenvalue weighted by molar-refractivity contribution is 7.92. The number of benzene rings is 2. The van der Waals surface area contributed by atoms with Crippen molar-refractivity contribution in [2.75, 3.05) is 30.8 Å². The Bertz CT molecular complexity index is 995. The molecule has 0 fully saturated rings. The Morgan fingerprint density at radius 1 is 1.06 bits per heavy atom. The fourth-order valence-corrected chi connectivity index (χ4v) is 3.97. The van der Waals surface area contributed by atoms with E-state index in [4.69, 9.17) is 4.74 Å². The van der Waals surface area contributed by atoms with Gasteiger partial charge in [0.1, 0.15) is 18.3 Å². The number of nitrogens with zero attached hydrogens (tertiary/aromatic N) is 2. The van der Waals surface area contributed by atoms with E-state index in [2.05, 4.69) is 5.32 Å². The van der Waals surface area contributed by atoms with Gasteiger partial charge in [-0.2, -0.15) is 0 Å². The average molecular weight is 448 g/mol. The van der Waals surface area contributed by atoms with Gasteiger partial charge in [0.05, 0.1) is 19.1 Å². The molecule has 1 unspecified atom stereocenters. The summed E-state index contributed by atoms with van der Waals surface area (Å²) < 4.78 is 31.4. The standard InChI is InChI=1S/C22H29N3O5S/c1-5-23-22(27)17(2)24(15-18-11-7-6-8-12-18)21(26)16-25(31(4,28)29)19-13-9-10-14-20(19)30-3/h6-14,17H,5,15-16H2,1-4H3,(H,23,27). The van der Waals surface area contributed by atoms with Gasteiger partial charge in [0.15, 0.2) is 0 Å². The summed E-state index contributed by atoms with van der Waals surface area (Å²) in [6.07, 6.45) is 1.03. The molecule has 0 spiro atoms. The molecule has 2 aromatic carbocycles. The molecule has 0 aliphatic rings. The maximum absolute atomic E-state index is 13.3. The Hall–Kier alpha value is -3.07. The molecule has 0 radical (unpaired) electrons. The molecule has 1 N–H and O–H groups in total. The van der Waals surface area contributed by atoms with Crippen molar-refractivity contribution in [1.29, 1.82) is 0 Å². The van der Waals surface area contributed by atoms with E-state index in [1.165, 1.54) is 12.0 Å². The summed E-state index contributed by atoms with van der Waals surface area (Å²) in [5.74, 6) is -0.485. The van der Waals surface area contributed by atoms with Crippen LogP contribution in [-0.4, -0.2) is 57.6 Å². The molecular weight excluding hydrogens is 418 g/mol. The van der Waals surface area contributed by atoms with Crippen LogP contribution in [0, 0.1) is 0 Å². The number of anilines is 1. The number of methoxy groups -OCH3 is 1. The molecule has 31 heavy (non-hydrogen) atoms. The smallest absolute Gasteiger partial charge is 0.244 e. The van der Waals surface area contributed by atoms with Crippen molar-refractivity contribution in [3.63, 3.8) is 0 Å². The van der Waals surface area contributed by atoms with E-state index >= 15 is 0 Å². The summed E-state index contributed by atoms with van der Waals surface area (Å²) in [5, 5.41) is 2.72. The zero-order valence-electron chi connectivity index (χ0n) is 18.2. The molecule has 0 saturated carbocycles. The summed E-state index contributed by atoms with van der Waals surface area (Å²) in [5.41, 5.74) is 1.08.